The van der Waals surface area contributed by atoms with Gasteiger partial charge < -0.3 is 4.90 Å². The van der Waals surface area contributed by atoms with E-state index in [0.29, 0.717) is 13.0 Å². The van der Waals surface area contributed by atoms with Crippen LogP contribution in [0.3, 0.4) is 0 Å². The molecule has 0 atom stereocenters. The maximum absolute atomic E-state index is 13.1. The van der Waals surface area contributed by atoms with Gasteiger partial charge in [0.25, 0.3) is 5.91 Å². The fourth-order valence-electron chi connectivity index (χ4n) is 3.34. The Bertz CT molecular complexity index is 1080. The topological polar surface area (TPSA) is 51.0 Å². The normalized spacial score (nSPS) is 14.0. The summed E-state index contributed by atoms with van der Waals surface area (Å²) in [6.45, 7) is 2.48. The summed E-state index contributed by atoms with van der Waals surface area (Å²) in [5, 5.41) is 7.79. The Hall–Kier alpha value is -2.87. The summed E-state index contributed by atoms with van der Waals surface area (Å²) in [4.78, 5) is 14.4. The van der Waals surface area contributed by atoms with Gasteiger partial charge in [-0.05, 0) is 31.2 Å². The van der Waals surface area contributed by atoms with Crippen LogP contribution in [-0.2, 0) is 19.1 Å². The number of carbonyl (C=O) groups is 1. The molecule has 0 spiro atoms. The van der Waals surface area contributed by atoms with Crippen molar-refractivity contribution >= 4 is 17.5 Å². The van der Waals surface area contributed by atoms with Crippen LogP contribution in [0.2, 0.25) is 5.02 Å². The van der Waals surface area contributed by atoms with E-state index in [4.69, 9.17) is 11.6 Å². The van der Waals surface area contributed by atoms with Crippen molar-refractivity contribution in [1.82, 2.24) is 19.9 Å². The molecule has 9 heteroatoms. The molecule has 0 unspecified atom stereocenters. The molecule has 0 N–H and O–H groups in total. The Morgan fingerprint density at radius 2 is 1.86 bits per heavy atom. The summed E-state index contributed by atoms with van der Waals surface area (Å²) in [5.41, 5.74) is 2.21. The molecule has 4 rings (SSSR count). The van der Waals surface area contributed by atoms with E-state index in [1.807, 2.05) is 31.2 Å². The van der Waals surface area contributed by atoms with E-state index < -0.39 is 22.7 Å². The van der Waals surface area contributed by atoms with E-state index >= 15 is 0 Å². The quantitative estimate of drug-likeness (QED) is 0.615. The number of rotatable bonds is 2. The van der Waals surface area contributed by atoms with Crippen molar-refractivity contribution in [2.45, 2.75) is 26.1 Å². The van der Waals surface area contributed by atoms with Crippen LogP contribution in [0, 0.1) is 6.92 Å². The fourth-order valence-corrected chi connectivity index (χ4v) is 3.65. The van der Waals surface area contributed by atoms with Crippen molar-refractivity contribution in [3.63, 3.8) is 0 Å². The van der Waals surface area contributed by atoms with Crippen molar-refractivity contribution in [3.05, 3.63) is 75.6 Å². The Labute approximate surface area is 169 Å². The van der Waals surface area contributed by atoms with E-state index in [1.54, 1.807) is 4.68 Å². The Morgan fingerprint density at radius 3 is 2.55 bits per heavy atom. The molecule has 1 aliphatic rings. The lowest BCUT2D eigenvalue weighted by Crippen LogP contribution is -2.37. The zero-order chi connectivity index (χ0) is 20.8. The Balaban J connectivity index is 1.65. The predicted octanol–water partition coefficient (Wildman–Crippen LogP) is 4.45. The minimum absolute atomic E-state index is 0.167. The van der Waals surface area contributed by atoms with Crippen LogP contribution in [-0.4, -0.2) is 32.3 Å². The average Bonchev–Trinajstić information content (AvgIpc) is 3.10. The number of aromatic nitrogens is 3. The second kappa shape index (κ2) is 7.18. The molecule has 2 heterocycles. The molecule has 29 heavy (non-hydrogen) atoms. The van der Waals surface area contributed by atoms with Crippen LogP contribution in [0.1, 0.15) is 32.9 Å². The highest BCUT2D eigenvalue weighted by molar-refractivity contribution is 6.34. The molecular formula is C20H16ClF3N4O. The number of benzene rings is 2. The molecule has 0 saturated carbocycles. The maximum atomic E-state index is 13.1. The first kappa shape index (κ1) is 19.4. The van der Waals surface area contributed by atoms with Gasteiger partial charge in [-0.15, -0.1) is 5.10 Å². The standard InChI is InChI=1S/C20H16ClF3N4O/c1-12-5-7-13(8-6-12)28-17-11-27(10-9-16(17)25-26-28)19(29)14-3-2-4-15(18(14)21)20(22,23)24/h2-8H,9-11H2,1H3. The summed E-state index contributed by atoms with van der Waals surface area (Å²) in [6.07, 6.45) is -4.17. The van der Waals surface area contributed by atoms with Crippen LogP contribution in [0.15, 0.2) is 42.5 Å². The third kappa shape index (κ3) is 3.60. The number of aryl methyl sites for hydroxylation is 1. The Kier molecular flexibility index (Phi) is 4.82. The SMILES string of the molecule is Cc1ccc(-n2nnc3c2CN(C(=O)c2cccc(C(F)(F)F)c2Cl)CC3)cc1. The Morgan fingerprint density at radius 1 is 1.14 bits per heavy atom. The van der Waals surface area contributed by atoms with Gasteiger partial charge in [0.1, 0.15) is 0 Å². The molecule has 2 aromatic carbocycles. The summed E-state index contributed by atoms with van der Waals surface area (Å²) in [7, 11) is 0. The van der Waals surface area contributed by atoms with Crippen molar-refractivity contribution in [3.8, 4) is 5.69 Å². The zero-order valence-electron chi connectivity index (χ0n) is 15.4. The van der Waals surface area contributed by atoms with Crippen LogP contribution in [0.25, 0.3) is 5.69 Å². The molecule has 150 valence electrons. The molecule has 0 aliphatic carbocycles. The predicted molar refractivity (Wildman–Crippen MR) is 101 cm³/mol. The second-order valence-corrected chi connectivity index (χ2v) is 7.25. The van der Waals surface area contributed by atoms with Gasteiger partial charge in [-0.1, -0.05) is 40.6 Å². The minimum atomic E-state index is -4.63. The lowest BCUT2D eigenvalue weighted by molar-refractivity contribution is -0.137. The maximum Gasteiger partial charge on any atom is 0.417 e. The lowest BCUT2D eigenvalue weighted by atomic mass is 10.1. The number of fused-ring (bicyclic) bond motifs is 1. The highest BCUT2D eigenvalue weighted by Crippen LogP contribution is 2.37. The molecule has 0 saturated heterocycles. The van der Waals surface area contributed by atoms with E-state index in [2.05, 4.69) is 10.3 Å². The molecule has 0 radical (unpaired) electrons. The minimum Gasteiger partial charge on any atom is -0.332 e. The number of carbonyl (C=O) groups excluding carboxylic acids is 1. The largest absolute Gasteiger partial charge is 0.417 e. The van der Waals surface area contributed by atoms with Crippen LogP contribution in [0.5, 0.6) is 0 Å². The molecule has 3 aromatic rings. The summed E-state index contributed by atoms with van der Waals surface area (Å²) in [6, 6.07) is 11.0. The zero-order valence-corrected chi connectivity index (χ0v) is 16.1. The van der Waals surface area contributed by atoms with Crippen molar-refractivity contribution in [1.29, 1.82) is 0 Å². The number of hydrogen-bond donors (Lipinski definition) is 0. The van der Waals surface area contributed by atoms with Gasteiger partial charge in [-0.25, -0.2) is 4.68 Å². The summed E-state index contributed by atoms with van der Waals surface area (Å²) < 4.78 is 41.0. The van der Waals surface area contributed by atoms with Gasteiger partial charge in [0.05, 0.1) is 39.8 Å². The van der Waals surface area contributed by atoms with Crippen LogP contribution >= 0.6 is 11.6 Å². The molecule has 1 aliphatic heterocycles. The molecule has 0 fully saturated rings. The van der Waals surface area contributed by atoms with Gasteiger partial charge in [0.2, 0.25) is 0 Å². The number of hydrogen-bond acceptors (Lipinski definition) is 3. The molecule has 0 bridgehead atoms. The average molecular weight is 421 g/mol. The highest BCUT2D eigenvalue weighted by Gasteiger charge is 2.36. The van der Waals surface area contributed by atoms with Crippen LogP contribution < -0.4 is 0 Å². The van der Waals surface area contributed by atoms with Gasteiger partial charge >= 0.3 is 6.18 Å². The number of halogens is 4. The summed E-state index contributed by atoms with van der Waals surface area (Å²) in [5.74, 6) is -0.552. The van der Waals surface area contributed by atoms with E-state index in [-0.39, 0.29) is 12.1 Å². The molecule has 1 amide bonds. The van der Waals surface area contributed by atoms with Gasteiger partial charge in [-0.2, -0.15) is 13.2 Å². The first-order valence-corrected chi connectivity index (χ1v) is 9.29. The van der Waals surface area contributed by atoms with E-state index in [0.717, 1.165) is 28.7 Å². The third-order valence-corrected chi connectivity index (χ3v) is 5.31. The van der Waals surface area contributed by atoms with Crippen LogP contribution in [0.4, 0.5) is 13.2 Å². The first-order chi connectivity index (χ1) is 13.8. The number of amides is 1. The lowest BCUT2D eigenvalue weighted by Gasteiger charge is -2.27. The monoisotopic (exact) mass is 420 g/mol. The summed E-state index contributed by atoms with van der Waals surface area (Å²) >= 11 is 5.93. The molecule has 1 aromatic heterocycles. The van der Waals surface area contributed by atoms with Crippen molar-refractivity contribution in [2.24, 2.45) is 0 Å². The highest BCUT2D eigenvalue weighted by atomic mass is 35.5. The van der Waals surface area contributed by atoms with Gasteiger partial charge in [-0.3, -0.25) is 4.79 Å². The second-order valence-electron chi connectivity index (χ2n) is 6.87. The van der Waals surface area contributed by atoms with E-state index in [9.17, 15) is 18.0 Å². The van der Waals surface area contributed by atoms with E-state index in [1.165, 1.54) is 17.0 Å². The van der Waals surface area contributed by atoms with Crippen molar-refractivity contribution < 1.29 is 18.0 Å². The smallest absolute Gasteiger partial charge is 0.332 e. The van der Waals surface area contributed by atoms with Crippen molar-refractivity contribution in [2.75, 3.05) is 6.54 Å². The van der Waals surface area contributed by atoms with Gasteiger partial charge in [0, 0.05) is 13.0 Å². The first-order valence-electron chi connectivity index (χ1n) is 8.91. The number of nitrogens with zero attached hydrogens (tertiary/aromatic N) is 4. The fraction of sp³-hybridized carbons (Fsp3) is 0.250. The molecular weight excluding hydrogens is 405 g/mol. The third-order valence-electron chi connectivity index (χ3n) is 4.90. The van der Waals surface area contributed by atoms with Gasteiger partial charge in [0.15, 0.2) is 0 Å². The molecule has 5 nitrogen and oxygen atoms in total. The number of alkyl halides is 3.